The third-order valence-electron chi connectivity index (χ3n) is 6.24. The molecule has 0 saturated carbocycles. The molecule has 184 valence electrons. The smallest absolute Gasteiger partial charge is 0.261 e. The minimum Gasteiger partial charge on any atom is -0.326 e. The standard InChI is InChI=1S/C26H27Cl2N3O3S/c1-18-5-2-3-6-20(18)17-31-15-13-19(14-16-31)26(32)29-21-9-11-22(12-10-21)35(33,34)30-24-8-4-7-23(27)25(24)28/h2-12,19,30H,13-17H2,1H3,(H,29,32). The van der Waals surface area contributed by atoms with E-state index < -0.39 is 10.0 Å². The Morgan fingerprint density at radius 1 is 0.971 bits per heavy atom. The second-order valence-corrected chi connectivity index (χ2v) is 11.2. The zero-order valence-electron chi connectivity index (χ0n) is 19.3. The number of hydrogen-bond donors (Lipinski definition) is 2. The monoisotopic (exact) mass is 531 g/mol. The Morgan fingerprint density at radius 2 is 1.66 bits per heavy atom. The van der Waals surface area contributed by atoms with Gasteiger partial charge < -0.3 is 5.32 Å². The number of aryl methyl sites for hydroxylation is 1. The second kappa shape index (κ2) is 11.0. The van der Waals surface area contributed by atoms with Crippen LogP contribution in [0, 0.1) is 12.8 Å². The van der Waals surface area contributed by atoms with Crippen molar-refractivity contribution in [1.82, 2.24) is 4.90 Å². The van der Waals surface area contributed by atoms with Crippen LogP contribution in [0.15, 0.2) is 71.6 Å². The van der Waals surface area contributed by atoms with Gasteiger partial charge >= 0.3 is 0 Å². The zero-order chi connectivity index (χ0) is 25.0. The molecular weight excluding hydrogens is 505 g/mol. The Bertz CT molecular complexity index is 1310. The number of piperidine rings is 1. The first-order valence-corrected chi connectivity index (χ1v) is 13.6. The molecule has 1 aliphatic rings. The molecule has 1 fully saturated rings. The van der Waals surface area contributed by atoms with Crippen molar-refractivity contribution in [1.29, 1.82) is 0 Å². The Morgan fingerprint density at radius 3 is 2.34 bits per heavy atom. The molecule has 6 nitrogen and oxygen atoms in total. The maximum absolute atomic E-state index is 12.8. The van der Waals surface area contributed by atoms with Crippen LogP contribution in [0.25, 0.3) is 0 Å². The Hall–Kier alpha value is -2.58. The zero-order valence-corrected chi connectivity index (χ0v) is 21.6. The number of sulfonamides is 1. The van der Waals surface area contributed by atoms with Crippen LogP contribution in [-0.4, -0.2) is 32.3 Å². The average Bonchev–Trinajstić information content (AvgIpc) is 2.84. The summed E-state index contributed by atoms with van der Waals surface area (Å²) in [6.45, 7) is 4.74. The van der Waals surface area contributed by atoms with Gasteiger partial charge in [-0.2, -0.15) is 0 Å². The van der Waals surface area contributed by atoms with E-state index in [-0.39, 0.29) is 32.5 Å². The lowest BCUT2D eigenvalue weighted by molar-refractivity contribution is -0.121. The van der Waals surface area contributed by atoms with Crippen LogP contribution in [-0.2, 0) is 21.4 Å². The lowest BCUT2D eigenvalue weighted by atomic mass is 9.95. The van der Waals surface area contributed by atoms with E-state index in [2.05, 4.69) is 40.1 Å². The maximum atomic E-state index is 12.8. The fourth-order valence-corrected chi connectivity index (χ4v) is 5.61. The predicted molar refractivity (Wildman–Crippen MR) is 142 cm³/mol. The molecule has 0 bridgehead atoms. The quantitative estimate of drug-likeness (QED) is 0.394. The molecule has 1 saturated heterocycles. The van der Waals surface area contributed by atoms with E-state index in [1.54, 1.807) is 24.3 Å². The third-order valence-corrected chi connectivity index (χ3v) is 8.44. The number of anilines is 2. The number of nitrogens with one attached hydrogen (secondary N) is 2. The third kappa shape index (κ3) is 6.35. The Labute approximate surface area is 216 Å². The van der Waals surface area contributed by atoms with Gasteiger partial charge in [-0.25, -0.2) is 8.42 Å². The summed E-state index contributed by atoms with van der Waals surface area (Å²) in [4.78, 5) is 15.2. The summed E-state index contributed by atoms with van der Waals surface area (Å²) in [5.74, 6) is -0.113. The van der Waals surface area contributed by atoms with Crippen LogP contribution in [0.4, 0.5) is 11.4 Å². The van der Waals surface area contributed by atoms with Gasteiger partial charge in [-0.05, 0) is 80.4 Å². The number of benzene rings is 3. The van der Waals surface area contributed by atoms with Crippen molar-refractivity contribution in [2.24, 2.45) is 5.92 Å². The largest absolute Gasteiger partial charge is 0.326 e. The van der Waals surface area contributed by atoms with Crippen LogP contribution in [0.1, 0.15) is 24.0 Å². The van der Waals surface area contributed by atoms with Crippen molar-refractivity contribution >= 4 is 50.5 Å². The van der Waals surface area contributed by atoms with Gasteiger partial charge in [0.2, 0.25) is 5.91 Å². The molecule has 4 rings (SSSR count). The summed E-state index contributed by atoms with van der Waals surface area (Å²) in [5.41, 5.74) is 3.35. The van der Waals surface area contributed by atoms with Crippen LogP contribution >= 0.6 is 23.2 Å². The molecule has 3 aromatic rings. The van der Waals surface area contributed by atoms with Gasteiger partial charge in [0.25, 0.3) is 10.0 Å². The molecule has 35 heavy (non-hydrogen) atoms. The van der Waals surface area contributed by atoms with Crippen molar-refractivity contribution in [3.8, 4) is 0 Å². The van der Waals surface area contributed by atoms with Crippen molar-refractivity contribution in [2.75, 3.05) is 23.1 Å². The van der Waals surface area contributed by atoms with Crippen molar-refractivity contribution in [3.05, 3.63) is 87.9 Å². The van der Waals surface area contributed by atoms with Crippen LogP contribution in [0.3, 0.4) is 0 Å². The van der Waals surface area contributed by atoms with E-state index in [4.69, 9.17) is 23.2 Å². The first-order chi connectivity index (χ1) is 16.7. The van der Waals surface area contributed by atoms with E-state index >= 15 is 0 Å². The molecule has 2 N–H and O–H groups in total. The summed E-state index contributed by atoms with van der Waals surface area (Å²) in [6.07, 6.45) is 1.57. The van der Waals surface area contributed by atoms with Gasteiger partial charge in [0, 0.05) is 18.2 Å². The Balaban J connectivity index is 1.32. The number of amides is 1. The molecule has 3 aromatic carbocycles. The van der Waals surface area contributed by atoms with E-state index in [0.29, 0.717) is 5.69 Å². The summed E-state index contributed by atoms with van der Waals surface area (Å²) in [7, 11) is -3.86. The first kappa shape index (κ1) is 25.5. The minimum atomic E-state index is -3.86. The van der Waals surface area contributed by atoms with Crippen LogP contribution in [0.5, 0.6) is 0 Å². The molecule has 1 heterocycles. The minimum absolute atomic E-state index is 0.0417. The average molecular weight is 532 g/mol. The van der Waals surface area contributed by atoms with E-state index in [1.165, 1.54) is 29.3 Å². The van der Waals surface area contributed by atoms with E-state index in [9.17, 15) is 13.2 Å². The SMILES string of the molecule is Cc1ccccc1CN1CCC(C(=O)Nc2ccc(S(=O)(=O)Nc3cccc(Cl)c3Cl)cc2)CC1. The topological polar surface area (TPSA) is 78.5 Å². The number of rotatable bonds is 7. The summed E-state index contributed by atoms with van der Waals surface area (Å²) < 4.78 is 27.9. The normalized spacial score (nSPS) is 15.1. The van der Waals surface area contributed by atoms with E-state index in [0.717, 1.165) is 32.5 Å². The highest BCUT2D eigenvalue weighted by Crippen LogP contribution is 2.31. The molecule has 0 unspecified atom stereocenters. The maximum Gasteiger partial charge on any atom is 0.261 e. The lowest BCUT2D eigenvalue weighted by Gasteiger charge is -2.31. The second-order valence-electron chi connectivity index (χ2n) is 8.70. The molecule has 1 amide bonds. The van der Waals surface area contributed by atoms with Crippen LogP contribution in [0.2, 0.25) is 10.0 Å². The highest BCUT2D eigenvalue weighted by Gasteiger charge is 2.25. The van der Waals surface area contributed by atoms with Gasteiger partial charge in [0.1, 0.15) is 0 Å². The Kier molecular flexibility index (Phi) is 8.02. The summed E-state index contributed by atoms with van der Waals surface area (Å²) >= 11 is 12.1. The number of likely N-dealkylation sites (tertiary alicyclic amines) is 1. The van der Waals surface area contributed by atoms with E-state index in [1.807, 2.05) is 6.07 Å². The van der Waals surface area contributed by atoms with Gasteiger partial charge in [0.15, 0.2) is 0 Å². The van der Waals surface area contributed by atoms with Crippen molar-refractivity contribution in [2.45, 2.75) is 31.2 Å². The number of halogens is 2. The highest BCUT2D eigenvalue weighted by molar-refractivity contribution is 7.92. The highest BCUT2D eigenvalue weighted by atomic mass is 35.5. The molecule has 0 aromatic heterocycles. The van der Waals surface area contributed by atoms with Gasteiger partial charge in [-0.1, -0.05) is 53.5 Å². The number of hydrogen-bond acceptors (Lipinski definition) is 4. The molecule has 0 atom stereocenters. The molecule has 0 spiro atoms. The van der Waals surface area contributed by atoms with Gasteiger partial charge in [-0.15, -0.1) is 0 Å². The molecule has 1 aliphatic heterocycles. The first-order valence-electron chi connectivity index (χ1n) is 11.4. The summed E-state index contributed by atoms with van der Waals surface area (Å²) in [5, 5.41) is 3.31. The van der Waals surface area contributed by atoms with Crippen molar-refractivity contribution in [3.63, 3.8) is 0 Å². The summed E-state index contributed by atoms with van der Waals surface area (Å²) in [6, 6.07) is 19.1. The van der Waals surface area contributed by atoms with Gasteiger partial charge in [-0.3, -0.25) is 14.4 Å². The lowest BCUT2D eigenvalue weighted by Crippen LogP contribution is -2.37. The fourth-order valence-electron chi connectivity index (χ4n) is 4.13. The van der Waals surface area contributed by atoms with Crippen molar-refractivity contribution < 1.29 is 13.2 Å². The van der Waals surface area contributed by atoms with Gasteiger partial charge in [0.05, 0.1) is 20.6 Å². The number of carbonyl (C=O) groups is 1. The molecule has 0 radical (unpaired) electrons. The number of carbonyl (C=O) groups excluding carboxylic acids is 1. The molecular formula is C26H27Cl2N3O3S. The van der Waals surface area contributed by atoms with Crippen LogP contribution < -0.4 is 10.0 Å². The number of nitrogens with zero attached hydrogens (tertiary/aromatic N) is 1. The fraction of sp³-hybridized carbons (Fsp3) is 0.269. The molecule has 0 aliphatic carbocycles. The predicted octanol–water partition coefficient (Wildman–Crippen LogP) is 5.95. The molecule has 9 heteroatoms.